The minimum atomic E-state index is -1.03. The summed E-state index contributed by atoms with van der Waals surface area (Å²) in [7, 11) is 2.87. The molecule has 27 heavy (non-hydrogen) atoms. The van der Waals surface area contributed by atoms with Crippen LogP contribution in [0.15, 0.2) is 42.5 Å². The summed E-state index contributed by atoms with van der Waals surface area (Å²) < 4.78 is 19.3. The molecule has 7 heteroatoms. The molecule has 0 unspecified atom stereocenters. The molecular weight excluding hydrogens is 347 g/mol. The Morgan fingerprint density at radius 3 is 2.70 bits per heavy atom. The molecule has 1 saturated heterocycles. The largest absolute Gasteiger partial charge is 0.494 e. The number of hydrogen-bond donors (Lipinski definition) is 2. The van der Waals surface area contributed by atoms with E-state index in [2.05, 4.69) is 11.4 Å². The van der Waals surface area contributed by atoms with Gasteiger partial charge in [0.25, 0.3) is 0 Å². The van der Waals surface area contributed by atoms with Crippen LogP contribution in [0.3, 0.4) is 0 Å². The van der Waals surface area contributed by atoms with Crippen molar-refractivity contribution in [3.8, 4) is 11.8 Å². The first kappa shape index (κ1) is 18.4. The van der Waals surface area contributed by atoms with E-state index in [1.54, 1.807) is 37.3 Å². The lowest BCUT2D eigenvalue weighted by Crippen LogP contribution is -2.62. The zero-order valence-corrected chi connectivity index (χ0v) is 15.2. The smallest absolute Gasteiger partial charge is 0.239 e. The standard InChI is InChI=1S/C20H19FN4O2/c1-20(14-6-4-5-12(9-14)11-22)17(18(26)25(2)19(23)24-20)13-7-8-16(27-3)15(21)10-13/h4-10,17H,1-3H3,(H2,23,24)/t17-,20-/m1/s1. The molecule has 2 aromatic rings. The number of rotatable bonds is 3. The topological polar surface area (TPSA) is 89.2 Å². The van der Waals surface area contributed by atoms with Gasteiger partial charge in [-0.2, -0.15) is 5.26 Å². The number of ether oxygens (including phenoxy) is 1. The number of carbonyl (C=O) groups is 1. The number of methoxy groups -OCH3 is 1. The molecular formula is C20H19FN4O2. The summed E-state index contributed by atoms with van der Waals surface area (Å²) in [4.78, 5) is 14.3. The molecule has 1 fully saturated rings. The number of nitrogens with zero attached hydrogens (tertiary/aromatic N) is 2. The quantitative estimate of drug-likeness (QED) is 0.874. The Morgan fingerprint density at radius 2 is 2.07 bits per heavy atom. The van der Waals surface area contributed by atoms with Gasteiger partial charge in [0.2, 0.25) is 5.91 Å². The first-order valence-corrected chi connectivity index (χ1v) is 8.30. The summed E-state index contributed by atoms with van der Waals surface area (Å²) in [6.07, 6.45) is 0. The van der Waals surface area contributed by atoms with E-state index in [1.165, 1.54) is 31.2 Å². The van der Waals surface area contributed by atoms with Crippen molar-refractivity contribution in [2.45, 2.75) is 18.4 Å². The van der Waals surface area contributed by atoms with Gasteiger partial charge in [-0.1, -0.05) is 18.2 Å². The van der Waals surface area contributed by atoms with Gasteiger partial charge in [-0.3, -0.25) is 15.1 Å². The molecule has 0 saturated carbocycles. The number of guanidine groups is 1. The maximum atomic E-state index is 14.3. The summed E-state index contributed by atoms with van der Waals surface area (Å²) in [6.45, 7) is 1.77. The van der Waals surface area contributed by atoms with E-state index < -0.39 is 17.3 Å². The van der Waals surface area contributed by atoms with E-state index in [0.717, 1.165) is 0 Å². The lowest BCUT2D eigenvalue weighted by Gasteiger charge is -2.46. The number of hydrogen-bond acceptors (Lipinski definition) is 4. The number of nitrogens with one attached hydrogen (secondary N) is 2. The van der Waals surface area contributed by atoms with Crippen LogP contribution in [0, 0.1) is 22.6 Å². The third-order valence-electron chi connectivity index (χ3n) is 4.97. The monoisotopic (exact) mass is 366 g/mol. The molecule has 1 aliphatic rings. The summed E-state index contributed by atoms with van der Waals surface area (Å²) in [5.41, 5.74) is 0.520. The first-order valence-electron chi connectivity index (χ1n) is 8.30. The van der Waals surface area contributed by atoms with Gasteiger partial charge in [0.15, 0.2) is 17.5 Å². The molecule has 1 amide bonds. The van der Waals surface area contributed by atoms with Crippen LogP contribution in [0.5, 0.6) is 5.75 Å². The van der Waals surface area contributed by atoms with E-state index in [9.17, 15) is 14.4 Å². The predicted octanol–water partition coefficient (Wildman–Crippen LogP) is 2.70. The minimum Gasteiger partial charge on any atom is -0.494 e. The van der Waals surface area contributed by atoms with Crippen molar-refractivity contribution in [2.24, 2.45) is 0 Å². The highest BCUT2D eigenvalue weighted by Gasteiger charge is 2.48. The van der Waals surface area contributed by atoms with Crippen LogP contribution in [-0.2, 0) is 10.3 Å². The molecule has 138 valence electrons. The fourth-order valence-electron chi connectivity index (χ4n) is 3.44. The summed E-state index contributed by atoms with van der Waals surface area (Å²) in [5.74, 6) is -1.68. The molecule has 6 nitrogen and oxygen atoms in total. The Morgan fingerprint density at radius 1 is 1.33 bits per heavy atom. The van der Waals surface area contributed by atoms with Crippen LogP contribution in [0.1, 0.15) is 29.5 Å². The van der Waals surface area contributed by atoms with Crippen molar-refractivity contribution < 1.29 is 13.9 Å². The van der Waals surface area contributed by atoms with E-state index >= 15 is 0 Å². The van der Waals surface area contributed by atoms with Gasteiger partial charge < -0.3 is 10.1 Å². The normalized spacial score (nSPS) is 22.2. The van der Waals surface area contributed by atoms with Crippen LogP contribution in [-0.4, -0.2) is 30.9 Å². The van der Waals surface area contributed by atoms with Crippen molar-refractivity contribution in [1.29, 1.82) is 10.7 Å². The molecule has 0 aromatic heterocycles. The van der Waals surface area contributed by atoms with Gasteiger partial charge in [-0.05, 0) is 42.3 Å². The average molecular weight is 366 g/mol. The maximum Gasteiger partial charge on any atom is 0.239 e. The fraction of sp³-hybridized carbons (Fsp3) is 0.250. The number of carbonyl (C=O) groups excluding carboxylic acids is 1. The lowest BCUT2D eigenvalue weighted by atomic mass is 9.73. The van der Waals surface area contributed by atoms with E-state index in [4.69, 9.17) is 10.1 Å². The van der Waals surface area contributed by atoms with Crippen molar-refractivity contribution in [2.75, 3.05) is 14.2 Å². The van der Waals surface area contributed by atoms with Crippen LogP contribution >= 0.6 is 0 Å². The van der Waals surface area contributed by atoms with Gasteiger partial charge in [0.05, 0.1) is 30.2 Å². The predicted molar refractivity (Wildman–Crippen MR) is 97.8 cm³/mol. The minimum absolute atomic E-state index is 0.0601. The number of likely N-dealkylation sites (N-methyl/N-ethyl adjacent to an activating group) is 1. The molecule has 2 aromatic carbocycles. The van der Waals surface area contributed by atoms with Crippen molar-refractivity contribution in [3.05, 3.63) is 65.0 Å². The third kappa shape index (κ3) is 2.99. The molecule has 1 heterocycles. The van der Waals surface area contributed by atoms with E-state index in [-0.39, 0.29) is 17.6 Å². The third-order valence-corrected chi connectivity index (χ3v) is 4.97. The summed E-state index contributed by atoms with van der Waals surface area (Å²) in [5, 5.41) is 20.4. The van der Waals surface area contributed by atoms with Crippen LogP contribution < -0.4 is 10.1 Å². The summed E-state index contributed by atoms with van der Waals surface area (Å²) in [6, 6.07) is 13.3. The lowest BCUT2D eigenvalue weighted by molar-refractivity contribution is -0.131. The molecule has 0 aliphatic carbocycles. The molecule has 0 radical (unpaired) electrons. The second kappa shape index (κ2) is 6.72. The fourth-order valence-corrected chi connectivity index (χ4v) is 3.44. The van der Waals surface area contributed by atoms with Crippen LogP contribution in [0.25, 0.3) is 0 Å². The van der Waals surface area contributed by atoms with Crippen molar-refractivity contribution in [1.82, 2.24) is 10.2 Å². The van der Waals surface area contributed by atoms with Gasteiger partial charge in [0, 0.05) is 7.05 Å². The van der Waals surface area contributed by atoms with Crippen molar-refractivity contribution in [3.63, 3.8) is 0 Å². The second-order valence-corrected chi connectivity index (χ2v) is 6.59. The van der Waals surface area contributed by atoms with E-state index in [0.29, 0.717) is 16.7 Å². The zero-order valence-electron chi connectivity index (χ0n) is 15.2. The van der Waals surface area contributed by atoms with Crippen molar-refractivity contribution >= 4 is 11.9 Å². The molecule has 0 bridgehead atoms. The first-order chi connectivity index (χ1) is 12.8. The maximum absolute atomic E-state index is 14.3. The average Bonchev–Trinajstić information content (AvgIpc) is 2.66. The molecule has 2 N–H and O–H groups in total. The molecule has 3 rings (SSSR count). The highest BCUT2D eigenvalue weighted by Crippen LogP contribution is 2.41. The molecule has 1 aliphatic heterocycles. The van der Waals surface area contributed by atoms with E-state index in [1.807, 2.05) is 0 Å². The highest BCUT2D eigenvalue weighted by molar-refractivity contribution is 6.02. The van der Waals surface area contributed by atoms with Crippen LogP contribution in [0.4, 0.5) is 4.39 Å². The van der Waals surface area contributed by atoms with Gasteiger partial charge in [-0.15, -0.1) is 0 Å². The van der Waals surface area contributed by atoms with Gasteiger partial charge in [0.1, 0.15) is 0 Å². The Bertz CT molecular complexity index is 969. The Kier molecular flexibility index (Phi) is 4.58. The zero-order chi connectivity index (χ0) is 19.8. The summed E-state index contributed by atoms with van der Waals surface area (Å²) >= 11 is 0. The number of halogens is 1. The molecule has 0 spiro atoms. The van der Waals surface area contributed by atoms with Crippen LogP contribution in [0.2, 0.25) is 0 Å². The number of nitriles is 1. The Labute approximate surface area is 156 Å². The Hall–Kier alpha value is -3.40. The highest BCUT2D eigenvalue weighted by atomic mass is 19.1. The number of amides is 1. The Balaban J connectivity index is 2.19. The van der Waals surface area contributed by atoms with Gasteiger partial charge in [-0.25, -0.2) is 4.39 Å². The van der Waals surface area contributed by atoms with Gasteiger partial charge >= 0.3 is 0 Å². The second-order valence-electron chi connectivity index (χ2n) is 6.59. The molecule has 2 atom stereocenters. The SMILES string of the molecule is COc1ccc([C@@H]2C(=O)N(C)C(=N)N[C@]2(C)c2cccc(C#N)c2)cc1F. The number of benzene rings is 2.